The molecule has 4 rings (SSSR count). The molecule has 34 heavy (non-hydrogen) atoms. The number of rotatable bonds is 5. The van der Waals surface area contributed by atoms with E-state index in [9.17, 15) is 9.59 Å². The summed E-state index contributed by atoms with van der Waals surface area (Å²) in [5.74, 6) is 0.0107. The molecule has 0 radical (unpaired) electrons. The van der Waals surface area contributed by atoms with Crippen LogP contribution in [0.4, 0.5) is 0 Å². The lowest BCUT2D eigenvalue weighted by Gasteiger charge is -2.33. The first-order valence-corrected chi connectivity index (χ1v) is 11.8. The molecule has 0 aliphatic carbocycles. The molecule has 2 amide bonds. The second-order valence-corrected chi connectivity index (χ2v) is 10.1. The van der Waals surface area contributed by atoms with Gasteiger partial charge in [-0.1, -0.05) is 45.0 Å². The summed E-state index contributed by atoms with van der Waals surface area (Å²) in [5.41, 5.74) is 4.61. The van der Waals surface area contributed by atoms with Gasteiger partial charge in [0.15, 0.2) is 0 Å². The molecular weight excluding hydrogens is 426 g/mol. The lowest BCUT2D eigenvalue weighted by molar-refractivity contribution is -0.136. The number of nitrogens with one attached hydrogen (secondary N) is 1. The monoisotopic (exact) mass is 459 g/mol. The minimum atomic E-state index is -0.0778. The summed E-state index contributed by atoms with van der Waals surface area (Å²) in [7, 11) is 1.86. The summed E-state index contributed by atoms with van der Waals surface area (Å²) in [6, 6.07) is 14.0. The fraction of sp³-hybridized carbons (Fsp3) is 0.407. The second kappa shape index (κ2) is 9.79. The van der Waals surface area contributed by atoms with E-state index in [1.165, 1.54) is 5.56 Å². The highest BCUT2D eigenvalue weighted by molar-refractivity contribution is 5.93. The van der Waals surface area contributed by atoms with Gasteiger partial charge in [0.25, 0.3) is 5.91 Å². The van der Waals surface area contributed by atoms with Crippen molar-refractivity contribution in [1.29, 1.82) is 0 Å². The third kappa shape index (κ3) is 5.35. The van der Waals surface area contributed by atoms with Gasteiger partial charge in [-0.25, -0.2) is 0 Å². The minimum absolute atomic E-state index is 0.0583. The molecule has 2 aromatic heterocycles. The van der Waals surface area contributed by atoms with Crippen molar-refractivity contribution in [2.45, 2.75) is 45.6 Å². The first-order chi connectivity index (χ1) is 16.2. The Morgan fingerprint density at radius 1 is 1.06 bits per heavy atom. The number of piperidine rings is 1. The fourth-order valence-corrected chi connectivity index (χ4v) is 4.38. The lowest BCUT2D eigenvalue weighted by Crippen LogP contribution is -2.43. The quantitative estimate of drug-likeness (QED) is 0.617. The first-order valence-electron chi connectivity index (χ1n) is 11.8. The van der Waals surface area contributed by atoms with E-state index in [0.29, 0.717) is 43.9 Å². The Morgan fingerprint density at radius 3 is 2.32 bits per heavy atom. The van der Waals surface area contributed by atoms with Crippen LogP contribution in [-0.4, -0.2) is 56.9 Å². The Morgan fingerprint density at radius 2 is 1.71 bits per heavy atom. The highest BCUT2D eigenvalue weighted by Crippen LogP contribution is 2.25. The van der Waals surface area contributed by atoms with Gasteiger partial charge in [0.05, 0.1) is 5.69 Å². The number of likely N-dealkylation sites (tertiary alicyclic amines) is 1. The van der Waals surface area contributed by atoms with E-state index in [0.717, 1.165) is 11.1 Å². The zero-order valence-electron chi connectivity index (χ0n) is 20.4. The van der Waals surface area contributed by atoms with E-state index in [2.05, 4.69) is 60.2 Å². The summed E-state index contributed by atoms with van der Waals surface area (Å²) in [4.78, 5) is 33.6. The van der Waals surface area contributed by atoms with Gasteiger partial charge in [-0.2, -0.15) is 5.10 Å². The van der Waals surface area contributed by atoms with Gasteiger partial charge in [-0.15, -0.1) is 0 Å². The predicted octanol–water partition coefficient (Wildman–Crippen LogP) is 4.28. The topological polar surface area (TPSA) is 82.2 Å². The first kappa shape index (κ1) is 23.7. The van der Waals surface area contributed by atoms with Gasteiger partial charge in [-0.3, -0.25) is 19.7 Å². The van der Waals surface area contributed by atoms with Crippen LogP contribution in [0.3, 0.4) is 0 Å². The maximum Gasteiger partial charge on any atom is 0.271 e. The number of hydrogen-bond donors (Lipinski definition) is 1. The molecule has 3 aromatic rings. The molecule has 1 fully saturated rings. The molecule has 0 saturated carbocycles. The summed E-state index contributed by atoms with van der Waals surface area (Å²) in [5, 5.41) is 7.12. The summed E-state index contributed by atoms with van der Waals surface area (Å²) < 4.78 is 0. The molecule has 0 unspecified atom stereocenters. The molecule has 178 valence electrons. The summed E-state index contributed by atoms with van der Waals surface area (Å²) in [6.45, 7) is 8.30. The number of carbonyl (C=O) groups excluding carboxylic acids is 2. The van der Waals surface area contributed by atoms with Gasteiger partial charge in [0.1, 0.15) is 5.69 Å². The molecule has 1 aromatic carbocycles. The number of aromatic amines is 1. The number of hydrogen-bond acceptors (Lipinski definition) is 4. The molecule has 1 aliphatic rings. The number of carbonyl (C=O) groups is 2. The van der Waals surface area contributed by atoms with E-state index < -0.39 is 0 Å². The number of nitrogens with zero attached hydrogens (tertiary/aromatic N) is 4. The van der Waals surface area contributed by atoms with Gasteiger partial charge < -0.3 is 9.80 Å². The van der Waals surface area contributed by atoms with Gasteiger partial charge in [0, 0.05) is 50.6 Å². The number of pyridine rings is 1. The summed E-state index contributed by atoms with van der Waals surface area (Å²) in [6.07, 6.45) is 4.74. The van der Waals surface area contributed by atoms with Crippen LogP contribution in [0.25, 0.3) is 11.3 Å². The van der Waals surface area contributed by atoms with Crippen molar-refractivity contribution in [2.24, 2.45) is 5.92 Å². The maximum absolute atomic E-state index is 13.0. The fourth-order valence-electron chi connectivity index (χ4n) is 4.38. The van der Waals surface area contributed by atoms with Crippen LogP contribution < -0.4 is 0 Å². The molecule has 0 atom stereocenters. The van der Waals surface area contributed by atoms with Gasteiger partial charge in [0.2, 0.25) is 5.91 Å². The smallest absolute Gasteiger partial charge is 0.271 e. The number of benzene rings is 1. The normalized spacial score (nSPS) is 14.8. The van der Waals surface area contributed by atoms with Crippen LogP contribution in [0, 0.1) is 5.92 Å². The van der Waals surface area contributed by atoms with E-state index in [-0.39, 0.29) is 23.1 Å². The van der Waals surface area contributed by atoms with E-state index in [1.54, 1.807) is 23.4 Å². The molecule has 1 aliphatic heterocycles. The zero-order valence-corrected chi connectivity index (χ0v) is 20.4. The third-order valence-corrected chi connectivity index (χ3v) is 6.53. The lowest BCUT2D eigenvalue weighted by atomic mass is 9.86. The second-order valence-electron chi connectivity index (χ2n) is 10.1. The molecule has 7 nitrogen and oxygen atoms in total. The molecule has 1 N–H and O–H groups in total. The zero-order chi connectivity index (χ0) is 24.3. The Balaban J connectivity index is 1.30. The average molecular weight is 460 g/mol. The number of amides is 2. The van der Waals surface area contributed by atoms with Gasteiger partial charge >= 0.3 is 0 Å². The van der Waals surface area contributed by atoms with Crippen molar-refractivity contribution in [3.05, 3.63) is 71.7 Å². The Bertz CT molecular complexity index is 1120. The maximum atomic E-state index is 13.0. The van der Waals surface area contributed by atoms with Crippen LogP contribution in [-0.2, 0) is 16.8 Å². The van der Waals surface area contributed by atoms with Crippen molar-refractivity contribution in [3.8, 4) is 11.3 Å². The molecular formula is C27H33N5O2. The highest BCUT2D eigenvalue weighted by Gasteiger charge is 2.30. The standard InChI is InChI=1S/C27H33N5O2/c1-27(2,3)22-7-5-19(6-8-22)18-31(4)25(33)21-11-15-32(16-12-21)26(34)24-17-23(29-30-24)20-9-13-28-14-10-20/h5-10,13-14,17,21H,11-12,15-16,18H2,1-4H3,(H,29,30). The molecule has 7 heteroatoms. The van der Waals surface area contributed by atoms with Crippen LogP contribution in [0.5, 0.6) is 0 Å². The van der Waals surface area contributed by atoms with Crippen LogP contribution in [0.15, 0.2) is 54.9 Å². The number of H-pyrrole nitrogens is 1. The van der Waals surface area contributed by atoms with Crippen molar-refractivity contribution in [1.82, 2.24) is 25.0 Å². The van der Waals surface area contributed by atoms with Crippen LogP contribution in [0.2, 0.25) is 0 Å². The molecule has 0 bridgehead atoms. The predicted molar refractivity (Wildman–Crippen MR) is 132 cm³/mol. The molecule has 1 saturated heterocycles. The van der Waals surface area contributed by atoms with Crippen molar-refractivity contribution in [3.63, 3.8) is 0 Å². The third-order valence-electron chi connectivity index (χ3n) is 6.53. The largest absolute Gasteiger partial charge is 0.341 e. The Hall–Kier alpha value is -3.48. The van der Waals surface area contributed by atoms with Crippen LogP contribution in [0.1, 0.15) is 55.2 Å². The van der Waals surface area contributed by atoms with Crippen molar-refractivity contribution < 1.29 is 9.59 Å². The van der Waals surface area contributed by atoms with E-state index >= 15 is 0 Å². The Labute approximate surface area is 201 Å². The molecule has 3 heterocycles. The minimum Gasteiger partial charge on any atom is -0.341 e. The van der Waals surface area contributed by atoms with E-state index in [1.807, 2.05) is 24.1 Å². The van der Waals surface area contributed by atoms with Crippen LogP contribution >= 0.6 is 0 Å². The summed E-state index contributed by atoms with van der Waals surface area (Å²) >= 11 is 0. The SMILES string of the molecule is CN(Cc1ccc(C(C)(C)C)cc1)C(=O)C1CCN(C(=O)c2cc(-c3ccncc3)n[nH]2)CC1. The average Bonchev–Trinajstić information content (AvgIpc) is 3.34. The number of aromatic nitrogens is 3. The van der Waals surface area contributed by atoms with Crippen molar-refractivity contribution >= 4 is 11.8 Å². The van der Waals surface area contributed by atoms with Crippen molar-refractivity contribution in [2.75, 3.05) is 20.1 Å². The van der Waals surface area contributed by atoms with E-state index in [4.69, 9.17) is 0 Å². The molecule has 0 spiro atoms. The highest BCUT2D eigenvalue weighted by atomic mass is 16.2. The van der Waals surface area contributed by atoms with Gasteiger partial charge in [-0.05, 0) is 47.6 Å². The Kier molecular flexibility index (Phi) is 6.82.